The summed E-state index contributed by atoms with van der Waals surface area (Å²) in [7, 11) is 0. The van der Waals surface area contributed by atoms with E-state index in [1.54, 1.807) is 18.3 Å². The molecule has 0 radical (unpaired) electrons. The number of hydrogen-bond donors (Lipinski definition) is 1. The van der Waals surface area contributed by atoms with Crippen LogP contribution >= 0.6 is 11.3 Å². The highest BCUT2D eigenvalue weighted by atomic mass is 32.1. The third kappa shape index (κ3) is 2.14. The van der Waals surface area contributed by atoms with Crippen LogP contribution in [0.25, 0.3) is 10.2 Å². The number of rotatable bonds is 2. The molecule has 0 saturated carbocycles. The first-order valence-electron chi connectivity index (χ1n) is 4.65. The molecule has 1 unspecified atom stereocenters. The summed E-state index contributed by atoms with van der Waals surface area (Å²) in [6, 6.07) is 10.0. The van der Waals surface area contributed by atoms with Crippen LogP contribution < -0.4 is 5.73 Å². The fraction of sp³-hybridized carbons (Fsp3) is 0.273. The number of nitrogens with zero attached hydrogens (tertiary/aromatic N) is 2. The lowest BCUT2D eigenvalue weighted by Crippen LogP contribution is -2.36. The van der Waals surface area contributed by atoms with Crippen molar-refractivity contribution in [1.82, 2.24) is 4.98 Å². The van der Waals surface area contributed by atoms with E-state index in [4.69, 9.17) is 11.0 Å². The first-order chi connectivity index (χ1) is 7.11. The lowest BCUT2D eigenvalue weighted by Gasteiger charge is -2.11. The van der Waals surface area contributed by atoms with Gasteiger partial charge >= 0.3 is 0 Å². The minimum Gasteiger partial charge on any atom is -0.313 e. The van der Waals surface area contributed by atoms with Gasteiger partial charge in [0.15, 0.2) is 0 Å². The van der Waals surface area contributed by atoms with E-state index in [1.807, 2.05) is 24.3 Å². The topological polar surface area (TPSA) is 62.7 Å². The summed E-state index contributed by atoms with van der Waals surface area (Å²) in [4.78, 5) is 4.43. The summed E-state index contributed by atoms with van der Waals surface area (Å²) in [5.74, 6) is 0. The lowest BCUT2D eigenvalue weighted by molar-refractivity contribution is 0.595. The number of thiazole rings is 1. The molecule has 2 aromatic rings. The predicted molar refractivity (Wildman–Crippen MR) is 61.5 cm³/mol. The van der Waals surface area contributed by atoms with Gasteiger partial charge in [-0.3, -0.25) is 0 Å². The Bertz CT molecular complexity index is 489. The molecule has 15 heavy (non-hydrogen) atoms. The number of nitriles is 1. The number of hydrogen-bond acceptors (Lipinski definition) is 4. The molecule has 2 N–H and O–H groups in total. The van der Waals surface area contributed by atoms with Gasteiger partial charge in [-0.25, -0.2) is 4.98 Å². The first-order valence-corrected chi connectivity index (χ1v) is 5.47. The van der Waals surface area contributed by atoms with Gasteiger partial charge < -0.3 is 5.73 Å². The van der Waals surface area contributed by atoms with Crippen LogP contribution in [0.1, 0.15) is 11.9 Å². The molecule has 2 rings (SSSR count). The molecule has 0 aliphatic carbocycles. The van der Waals surface area contributed by atoms with Crippen molar-refractivity contribution in [3.63, 3.8) is 0 Å². The molecular formula is C11H11N3S. The van der Waals surface area contributed by atoms with Crippen LogP contribution in [0.2, 0.25) is 0 Å². The maximum atomic E-state index is 8.83. The molecule has 1 aromatic carbocycles. The lowest BCUT2D eigenvalue weighted by atomic mass is 10.0. The van der Waals surface area contributed by atoms with Crippen molar-refractivity contribution in [1.29, 1.82) is 5.26 Å². The van der Waals surface area contributed by atoms with Crippen LogP contribution in [0.4, 0.5) is 0 Å². The minimum absolute atomic E-state index is 0.503. The van der Waals surface area contributed by atoms with Crippen LogP contribution in [-0.4, -0.2) is 10.5 Å². The maximum absolute atomic E-state index is 8.83. The quantitative estimate of drug-likeness (QED) is 0.837. The SMILES string of the molecule is CC(N)(C#N)Cc1nc2ccccc2s1. The minimum atomic E-state index is -0.826. The van der Waals surface area contributed by atoms with Gasteiger partial charge in [0.25, 0.3) is 0 Å². The zero-order valence-corrected chi connectivity index (χ0v) is 9.21. The second-order valence-electron chi connectivity index (χ2n) is 3.78. The molecule has 0 amide bonds. The highest BCUT2D eigenvalue weighted by Gasteiger charge is 2.20. The van der Waals surface area contributed by atoms with Crippen molar-refractivity contribution in [3.05, 3.63) is 29.3 Å². The third-order valence-electron chi connectivity index (χ3n) is 2.11. The van der Waals surface area contributed by atoms with Crippen molar-refractivity contribution >= 4 is 21.6 Å². The first kappa shape index (κ1) is 10.1. The Morgan fingerprint density at radius 3 is 2.93 bits per heavy atom. The Morgan fingerprint density at radius 1 is 1.53 bits per heavy atom. The molecule has 3 nitrogen and oxygen atoms in total. The molecule has 4 heteroatoms. The largest absolute Gasteiger partial charge is 0.313 e. The van der Waals surface area contributed by atoms with E-state index in [0.29, 0.717) is 6.42 Å². The summed E-state index contributed by atoms with van der Waals surface area (Å²) in [5, 5.41) is 9.75. The molecule has 0 aliphatic rings. The van der Waals surface area contributed by atoms with Crippen molar-refractivity contribution in [2.24, 2.45) is 5.73 Å². The van der Waals surface area contributed by atoms with Crippen LogP contribution in [0.15, 0.2) is 24.3 Å². The van der Waals surface area contributed by atoms with Crippen molar-refractivity contribution in [2.75, 3.05) is 0 Å². The van der Waals surface area contributed by atoms with Gasteiger partial charge in [-0.15, -0.1) is 11.3 Å². The highest BCUT2D eigenvalue weighted by molar-refractivity contribution is 7.18. The van der Waals surface area contributed by atoms with Crippen molar-refractivity contribution < 1.29 is 0 Å². The Balaban J connectivity index is 2.35. The fourth-order valence-electron chi connectivity index (χ4n) is 1.35. The highest BCUT2D eigenvalue weighted by Crippen LogP contribution is 2.23. The van der Waals surface area contributed by atoms with Gasteiger partial charge in [0.05, 0.1) is 21.3 Å². The standard InChI is InChI=1S/C11H11N3S/c1-11(13,7-12)6-10-14-8-4-2-3-5-9(8)15-10/h2-5H,6,13H2,1H3. The second-order valence-corrected chi connectivity index (χ2v) is 4.90. The second kappa shape index (κ2) is 3.61. The fourth-order valence-corrected chi connectivity index (χ4v) is 2.48. The van der Waals surface area contributed by atoms with E-state index in [0.717, 1.165) is 15.2 Å². The van der Waals surface area contributed by atoms with E-state index < -0.39 is 5.54 Å². The Hall–Kier alpha value is -1.44. The van der Waals surface area contributed by atoms with E-state index in [-0.39, 0.29) is 0 Å². The van der Waals surface area contributed by atoms with Gasteiger partial charge in [0, 0.05) is 6.42 Å². The van der Waals surface area contributed by atoms with Crippen LogP contribution in [0.5, 0.6) is 0 Å². The summed E-state index contributed by atoms with van der Waals surface area (Å²) < 4.78 is 1.14. The number of para-hydroxylation sites is 1. The summed E-state index contributed by atoms with van der Waals surface area (Å²) in [6.45, 7) is 1.72. The molecule has 0 bridgehead atoms. The van der Waals surface area contributed by atoms with Gasteiger partial charge in [0.2, 0.25) is 0 Å². The van der Waals surface area contributed by atoms with Crippen LogP contribution in [0.3, 0.4) is 0 Å². The average molecular weight is 217 g/mol. The van der Waals surface area contributed by atoms with E-state index in [2.05, 4.69) is 11.1 Å². The maximum Gasteiger partial charge on any atom is 0.107 e. The molecule has 1 atom stereocenters. The van der Waals surface area contributed by atoms with E-state index >= 15 is 0 Å². The molecule has 76 valence electrons. The van der Waals surface area contributed by atoms with Gasteiger partial charge in [-0.05, 0) is 19.1 Å². The molecule has 0 spiro atoms. The van der Waals surface area contributed by atoms with Gasteiger partial charge in [0.1, 0.15) is 5.54 Å². The molecule has 0 fully saturated rings. The van der Waals surface area contributed by atoms with E-state index in [1.165, 1.54) is 0 Å². The third-order valence-corrected chi connectivity index (χ3v) is 3.15. The Kier molecular flexibility index (Phi) is 2.43. The van der Waals surface area contributed by atoms with Gasteiger partial charge in [-0.1, -0.05) is 12.1 Å². The zero-order chi connectivity index (χ0) is 10.9. The number of aromatic nitrogens is 1. The molecular weight excluding hydrogens is 206 g/mol. The summed E-state index contributed by atoms with van der Waals surface area (Å²) >= 11 is 1.60. The smallest absolute Gasteiger partial charge is 0.107 e. The van der Waals surface area contributed by atoms with E-state index in [9.17, 15) is 0 Å². The summed E-state index contributed by atoms with van der Waals surface area (Å²) in [6.07, 6.45) is 0.503. The number of nitrogens with two attached hydrogens (primary N) is 1. The molecule has 0 aliphatic heterocycles. The van der Waals surface area contributed by atoms with Crippen LogP contribution in [0, 0.1) is 11.3 Å². The average Bonchev–Trinajstić information content (AvgIpc) is 2.58. The van der Waals surface area contributed by atoms with Crippen molar-refractivity contribution in [2.45, 2.75) is 18.9 Å². The molecule has 1 heterocycles. The zero-order valence-electron chi connectivity index (χ0n) is 8.40. The van der Waals surface area contributed by atoms with Crippen LogP contribution in [-0.2, 0) is 6.42 Å². The van der Waals surface area contributed by atoms with Crippen molar-refractivity contribution in [3.8, 4) is 6.07 Å². The summed E-state index contributed by atoms with van der Waals surface area (Å²) in [5.41, 5.74) is 5.93. The monoisotopic (exact) mass is 217 g/mol. The molecule has 0 saturated heterocycles. The number of benzene rings is 1. The van der Waals surface area contributed by atoms with Gasteiger partial charge in [-0.2, -0.15) is 5.26 Å². The molecule has 1 aromatic heterocycles. The Morgan fingerprint density at radius 2 is 2.27 bits per heavy atom. The normalized spacial score (nSPS) is 14.7. The Labute approximate surface area is 92.2 Å². The predicted octanol–water partition coefficient (Wildman–Crippen LogP) is 2.08. The number of fused-ring (bicyclic) bond motifs is 1.